The van der Waals surface area contributed by atoms with Crippen molar-refractivity contribution < 1.29 is 24.2 Å². The maximum absolute atomic E-state index is 13.9. The van der Waals surface area contributed by atoms with Gasteiger partial charge in [0.15, 0.2) is 0 Å². The average molecular weight is 539 g/mol. The van der Waals surface area contributed by atoms with Crippen LogP contribution in [0.15, 0.2) is 78.9 Å². The molecule has 2 atom stereocenters. The Morgan fingerprint density at radius 1 is 1.02 bits per heavy atom. The normalized spacial score (nSPS) is 17.5. The van der Waals surface area contributed by atoms with Crippen molar-refractivity contribution in [1.82, 2.24) is 5.32 Å². The summed E-state index contributed by atoms with van der Waals surface area (Å²) in [5, 5.41) is 20.4. The number of nitrogen functional groups attached to an aromatic ring is 1. The summed E-state index contributed by atoms with van der Waals surface area (Å²) < 4.78 is 5.37. The second-order valence-corrected chi connectivity index (χ2v) is 9.84. The summed E-state index contributed by atoms with van der Waals surface area (Å²) >= 11 is 0. The Balaban J connectivity index is 1.56. The molecule has 204 valence electrons. The number of rotatable bonds is 4. The number of ether oxygens (including phenoxy) is 1. The highest BCUT2D eigenvalue weighted by atomic mass is 16.5. The van der Waals surface area contributed by atoms with E-state index in [-0.39, 0.29) is 13.0 Å². The lowest BCUT2D eigenvalue weighted by atomic mass is 9.96. The largest absolute Gasteiger partial charge is 0.481 e. The summed E-state index contributed by atoms with van der Waals surface area (Å²) in [4.78, 5) is 38.0. The summed E-state index contributed by atoms with van der Waals surface area (Å²) in [6, 6.07) is 22.1. The summed E-state index contributed by atoms with van der Waals surface area (Å²) in [5.41, 5.74) is 11.1. The molecule has 0 spiro atoms. The number of anilines is 3. The average Bonchev–Trinajstić information content (AvgIpc) is 2.92. The van der Waals surface area contributed by atoms with Gasteiger partial charge < -0.3 is 26.2 Å². The van der Waals surface area contributed by atoms with Gasteiger partial charge in [0.05, 0.1) is 19.1 Å². The lowest BCUT2D eigenvalue weighted by Crippen LogP contribution is -2.37. The van der Waals surface area contributed by atoms with Crippen molar-refractivity contribution in [3.05, 3.63) is 101 Å². The number of hydrogen-bond donors (Lipinski definition) is 5. The number of nitrogens with one attached hydrogen (secondary N) is 3. The predicted molar refractivity (Wildman–Crippen MR) is 154 cm³/mol. The Morgan fingerprint density at radius 3 is 2.65 bits per heavy atom. The quantitative estimate of drug-likeness (QED) is 0.221. The Kier molecular flexibility index (Phi) is 7.54. The number of carboxylic acid groups (broad SMARTS) is 1. The van der Waals surface area contributed by atoms with Gasteiger partial charge in [0, 0.05) is 28.9 Å². The number of amides is 2. The SMILES string of the molecule is Cc1cc2ccc1CCOC(=O)Nc1cccc(c1)C(CC(=O)O)NC(=O)C2Nc1ccc2c(N)cccc2c1. The van der Waals surface area contributed by atoms with Gasteiger partial charge in [-0.1, -0.05) is 48.5 Å². The van der Waals surface area contributed by atoms with E-state index in [1.165, 1.54) is 0 Å². The lowest BCUT2D eigenvalue weighted by Gasteiger charge is -2.25. The van der Waals surface area contributed by atoms with Crippen LogP contribution in [0, 0.1) is 6.92 Å². The smallest absolute Gasteiger partial charge is 0.411 e. The molecule has 2 unspecified atom stereocenters. The molecule has 9 heteroatoms. The van der Waals surface area contributed by atoms with Crippen molar-refractivity contribution in [3.8, 4) is 0 Å². The third kappa shape index (κ3) is 5.99. The summed E-state index contributed by atoms with van der Waals surface area (Å²) in [5.74, 6) is -1.47. The van der Waals surface area contributed by atoms with Crippen LogP contribution in [0.25, 0.3) is 10.8 Å². The number of aryl methyl sites for hydroxylation is 1. The minimum atomic E-state index is -1.07. The first kappa shape index (κ1) is 26.6. The number of benzene rings is 4. The van der Waals surface area contributed by atoms with E-state index < -0.39 is 30.1 Å². The molecule has 0 saturated heterocycles. The van der Waals surface area contributed by atoms with Crippen LogP contribution in [-0.4, -0.2) is 29.7 Å². The fourth-order valence-electron chi connectivity index (χ4n) is 4.97. The first-order chi connectivity index (χ1) is 19.3. The van der Waals surface area contributed by atoms with Crippen LogP contribution in [-0.2, 0) is 20.7 Å². The van der Waals surface area contributed by atoms with Gasteiger partial charge in [-0.15, -0.1) is 0 Å². The number of hydrogen-bond acceptors (Lipinski definition) is 6. The van der Waals surface area contributed by atoms with Crippen LogP contribution in [0.4, 0.5) is 21.9 Å². The molecule has 4 bridgehead atoms. The highest BCUT2D eigenvalue weighted by Gasteiger charge is 2.26. The lowest BCUT2D eigenvalue weighted by molar-refractivity contribution is -0.137. The Labute approximate surface area is 231 Å². The van der Waals surface area contributed by atoms with Crippen molar-refractivity contribution in [2.45, 2.75) is 31.8 Å². The van der Waals surface area contributed by atoms with Gasteiger partial charge in [-0.05, 0) is 64.9 Å². The van der Waals surface area contributed by atoms with E-state index in [0.29, 0.717) is 34.6 Å². The number of nitrogens with two attached hydrogens (primary N) is 1. The van der Waals surface area contributed by atoms with Crippen LogP contribution in [0.3, 0.4) is 0 Å². The Morgan fingerprint density at radius 2 is 1.85 bits per heavy atom. The maximum atomic E-state index is 13.9. The Hall–Kier alpha value is -5.05. The molecule has 0 aliphatic carbocycles. The van der Waals surface area contributed by atoms with E-state index in [4.69, 9.17) is 10.5 Å². The fourth-order valence-corrected chi connectivity index (χ4v) is 4.97. The van der Waals surface area contributed by atoms with E-state index in [1.807, 2.05) is 61.5 Å². The van der Waals surface area contributed by atoms with E-state index in [9.17, 15) is 19.5 Å². The third-order valence-electron chi connectivity index (χ3n) is 7.02. The molecule has 6 rings (SSSR count). The molecule has 2 aliphatic heterocycles. The van der Waals surface area contributed by atoms with Crippen LogP contribution in [0.5, 0.6) is 0 Å². The number of carbonyl (C=O) groups is 3. The van der Waals surface area contributed by atoms with E-state index in [1.54, 1.807) is 24.3 Å². The summed E-state index contributed by atoms with van der Waals surface area (Å²) in [6.45, 7) is 2.11. The third-order valence-corrected chi connectivity index (χ3v) is 7.02. The topological polar surface area (TPSA) is 143 Å². The second kappa shape index (κ2) is 11.4. The van der Waals surface area contributed by atoms with Crippen molar-refractivity contribution >= 4 is 45.8 Å². The molecule has 4 aromatic rings. The summed E-state index contributed by atoms with van der Waals surface area (Å²) in [7, 11) is 0. The number of fused-ring (bicyclic) bond motifs is 10. The standard InChI is InChI=1S/C31H30N4O5/c1-18-14-22-9-8-19(18)12-13-40-31(39)34-23-6-2-5-21(16-23)27(17-28(36)37)35-30(38)29(22)33-24-10-11-25-20(15-24)4-3-7-26(25)32/h2-11,14-16,27,29,33H,12-13,17,32H2,1H3,(H,34,39)(H,35,38)(H,36,37). The molecule has 6 N–H and O–H groups in total. The number of carboxylic acids is 1. The number of aliphatic carboxylic acids is 1. The van der Waals surface area contributed by atoms with Crippen molar-refractivity contribution in [1.29, 1.82) is 0 Å². The van der Waals surface area contributed by atoms with Gasteiger partial charge in [0.2, 0.25) is 5.91 Å². The van der Waals surface area contributed by atoms with Crippen LogP contribution in [0.2, 0.25) is 0 Å². The molecule has 40 heavy (non-hydrogen) atoms. The molecule has 2 amide bonds. The molecule has 0 aromatic heterocycles. The van der Waals surface area contributed by atoms with Gasteiger partial charge in [-0.25, -0.2) is 4.79 Å². The number of carbonyl (C=O) groups excluding carboxylic acids is 2. The molecule has 2 aliphatic rings. The van der Waals surface area contributed by atoms with Crippen molar-refractivity contribution in [2.75, 3.05) is 23.0 Å². The monoisotopic (exact) mass is 538 g/mol. The minimum absolute atomic E-state index is 0.176. The van der Waals surface area contributed by atoms with E-state index in [0.717, 1.165) is 21.9 Å². The first-order valence-electron chi connectivity index (χ1n) is 13.0. The van der Waals surface area contributed by atoms with Gasteiger partial charge >= 0.3 is 12.1 Å². The highest BCUT2D eigenvalue weighted by Crippen LogP contribution is 2.29. The molecule has 2 heterocycles. The molecule has 4 aromatic carbocycles. The molecular formula is C31H30N4O5. The predicted octanol–water partition coefficient (Wildman–Crippen LogP) is 5.32. The first-order valence-corrected chi connectivity index (χ1v) is 13.0. The fraction of sp³-hybridized carbons (Fsp3) is 0.194. The summed E-state index contributed by atoms with van der Waals surface area (Å²) in [6.07, 6.45) is -0.449. The zero-order valence-electron chi connectivity index (χ0n) is 21.9. The molecule has 0 saturated carbocycles. The van der Waals surface area contributed by atoms with Crippen molar-refractivity contribution in [2.24, 2.45) is 0 Å². The van der Waals surface area contributed by atoms with Crippen LogP contribution >= 0.6 is 0 Å². The van der Waals surface area contributed by atoms with Gasteiger partial charge in [-0.3, -0.25) is 14.9 Å². The van der Waals surface area contributed by atoms with Gasteiger partial charge in [-0.2, -0.15) is 0 Å². The molecule has 0 radical (unpaired) electrons. The zero-order chi connectivity index (χ0) is 28.2. The van der Waals surface area contributed by atoms with Gasteiger partial charge in [0.25, 0.3) is 0 Å². The minimum Gasteiger partial charge on any atom is -0.481 e. The molecule has 9 nitrogen and oxygen atoms in total. The van der Waals surface area contributed by atoms with Crippen LogP contribution < -0.4 is 21.7 Å². The highest BCUT2D eigenvalue weighted by molar-refractivity contribution is 5.95. The molecular weight excluding hydrogens is 508 g/mol. The van der Waals surface area contributed by atoms with Crippen molar-refractivity contribution in [3.63, 3.8) is 0 Å². The van der Waals surface area contributed by atoms with Gasteiger partial charge in [0.1, 0.15) is 6.04 Å². The Bertz CT molecular complexity index is 1600. The van der Waals surface area contributed by atoms with E-state index in [2.05, 4.69) is 16.0 Å². The van der Waals surface area contributed by atoms with E-state index >= 15 is 0 Å². The molecule has 0 fully saturated rings. The zero-order valence-corrected chi connectivity index (χ0v) is 21.9. The van der Waals surface area contributed by atoms with Crippen LogP contribution in [0.1, 0.15) is 40.8 Å². The second-order valence-electron chi connectivity index (χ2n) is 9.84. The maximum Gasteiger partial charge on any atom is 0.411 e.